The maximum Gasteiger partial charge on any atom is 0.356 e. The monoisotopic (exact) mass is 410 g/mol. The summed E-state index contributed by atoms with van der Waals surface area (Å²) in [5.74, 6) is -1.02. The van der Waals surface area contributed by atoms with E-state index in [0.717, 1.165) is 25.2 Å². The molecule has 0 saturated carbocycles. The van der Waals surface area contributed by atoms with Crippen LogP contribution in [0.4, 0.5) is 0 Å². The molecule has 144 valence electrons. The smallest absolute Gasteiger partial charge is 0.356 e. The zero-order valence-electron chi connectivity index (χ0n) is 14.6. The Bertz CT molecular complexity index is 832. The van der Waals surface area contributed by atoms with Crippen LogP contribution in [0.1, 0.15) is 22.5 Å². The van der Waals surface area contributed by atoms with Crippen LogP contribution in [0.5, 0.6) is 0 Å². The van der Waals surface area contributed by atoms with Crippen LogP contribution in [-0.4, -0.2) is 62.7 Å². The number of amides is 1. The van der Waals surface area contributed by atoms with Gasteiger partial charge in [0.25, 0.3) is 0 Å². The fraction of sp³-hybridized carbons (Fsp3) is 0.389. The second kappa shape index (κ2) is 8.73. The van der Waals surface area contributed by atoms with Crippen molar-refractivity contribution < 1.29 is 14.7 Å². The highest BCUT2D eigenvalue weighted by molar-refractivity contribution is 6.35. The van der Waals surface area contributed by atoms with E-state index in [2.05, 4.69) is 10.00 Å². The molecule has 0 radical (unpaired) electrons. The van der Waals surface area contributed by atoms with Gasteiger partial charge in [0.2, 0.25) is 5.91 Å². The van der Waals surface area contributed by atoms with Gasteiger partial charge in [-0.1, -0.05) is 29.3 Å². The number of hydrogen-bond donors (Lipinski definition) is 1. The molecule has 0 aliphatic carbocycles. The first-order valence-electron chi connectivity index (χ1n) is 8.63. The number of aromatic nitrogens is 2. The number of carbonyl (C=O) groups is 2. The van der Waals surface area contributed by atoms with Crippen molar-refractivity contribution in [3.05, 3.63) is 51.8 Å². The molecule has 27 heavy (non-hydrogen) atoms. The normalized spacial score (nSPS) is 15.1. The Morgan fingerprint density at radius 1 is 1.11 bits per heavy atom. The molecule has 1 aromatic heterocycles. The minimum absolute atomic E-state index is 0.0167. The molecule has 2 heterocycles. The van der Waals surface area contributed by atoms with Gasteiger partial charge in [-0.25, -0.2) is 4.79 Å². The molecule has 7 nitrogen and oxygen atoms in total. The molecular weight excluding hydrogens is 391 g/mol. The van der Waals surface area contributed by atoms with E-state index >= 15 is 0 Å². The van der Waals surface area contributed by atoms with Gasteiger partial charge >= 0.3 is 5.97 Å². The summed E-state index contributed by atoms with van der Waals surface area (Å²) in [5, 5.41) is 14.1. The molecule has 3 rings (SSSR count). The van der Waals surface area contributed by atoms with Gasteiger partial charge < -0.3 is 10.0 Å². The Morgan fingerprint density at radius 2 is 1.85 bits per heavy atom. The Balaban J connectivity index is 1.45. The van der Waals surface area contributed by atoms with Crippen LogP contribution in [-0.2, 0) is 17.9 Å². The van der Waals surface area contributed by atoms with Crippen LogP contribution < -0.4 is 0 Å². The fourth-order valence-corrected chi connectivity index (χ4v) is 3.48. The van der Waals surface area contributed by atoms with E-state index in [1.54, 1.807) is 12.3 Å². The third-order valence-corrected chi connectivity index (χ3v) is 5.14. The van der Waals surface area contributed by atoms with E-state index in [-0.39, 0.29) is 11.6 Å². The Labute approximate surface area is 167 Å². The van der Waals surface area contributed by atoms with E-state index in [1.165, 1.54) is 10.7 Å². The number of halogens is 2. The van der Waals surface area contributed by atoms with E-state index in [4.69, 9.17) is 28.3 Å². The first-order valence-corrected chi connectivity index (χ1v) is 9.39. The molecule has 0 bridgehead atoms. The number of hydrogen-bond acceptors (Lipinski definition) is 4. The first-order chi connectivity index (χ1) is 12.9. The number of carbonyl (C=O) groups excluding carboxylic acids is 1. The zero-order chi connectivity index (χ0) is 19.4. The van der Waals surface area contributed by atoms with Gasteiger partial charge in [-0.05, 0) is 23.8 Å². The standard InChI is InChI=1S/C18H20Cl2N4O3/c19-14-2-1-13(15(20)11-14)12-22-7-9-23(10-8-22)17(25)4-6-24-5-3-16(21-24)18(26)27/h1-3,5,11H,4,6-10,12H2,(H,26,27). The topological polar surface area (TPSA) is 78.7 Å². The van der Waals surface area contributed by atoms with Crippen LogP contribution in [0.25, 0.3) is 0 Å². The van der Waals surface area contributed by atoms with Gasteiger partial charge in [0, 0.05) is 61.9 Å². The molecule has 0 spiro atoms. The third-order valence-electron chi connectivity index (χ3n) is 4.55. The molecule has 1 aliphatic rings. The molecule has 1 aliphatic heterocycles. The van der Waals surface area contributed by atoms with Gasteiger partial charge in [-0.2, -0.15) is 5.10 Å². The predicted molar refractivity (Wildman–Crippen MR) is 102 cm³/mol. The van der Waals surface area contributed by atoms with Crippen molar-refractivity contribution >= 4 is 35.1 Å². The number of carboxylic acids is 1. The highest BCUT2D eigenvalue weighted by Gasteiger charge is 2.21. The molecule has 9 heteroatoms. The number of benzene rings is 1. The molecule has 0 atom stereocenters. The van der Waals surface area contributed by atoms with Crippen molar-refractivity contribution in [1.82, 2.24) is 19.6 Å². The maximum atomic E-state index is 12.4. The summed E-state index contributed by atoms with van der Waals surface area (Å²) in [6, 6.07) is 6.92. The van der Waals surface area contributed by atoms with Crippen LogP contribution in [0, 0.1) is 0 Å². The highest BCUT2D eigenvalue weighted by atomic mass is 35.5. The Morgan fingerprint density at radius 3 is 2.48 bits per heavy atom. The molecule has 1 fully saturated rings. The summed E-state index contributed by atoms with van der Waals surface area (Å²) in [4.78, 5) is 27.3. The van der Waals surface area contributed by atoms with Gasteiger partial charge in [-0.3, -0.25) is 14.4 Å². The summed E-state index contributed by atoms with van der Waals surface area (Å²) < 4.78 is 1.49. The molecular formula is C18H20Cl2N4O3. The van der Waals surface area contributed by atoms with E-state index in [1.807, 2.05) is 17.0 Å². The van der Waals surface area contributed by atoms with E-state index in [9.17, 15) is 9.59 Å². The lowest BCUT2D eigenvalue weighted by Crippen LogP contribution is -2.48. The highest BCUT2D eigenvalue weighted by Crippen LogP contribution is 2.22. The number of nitrogens with zero attached hydrogens (tertiary/aromatic N) is 4. The van der Waals surface area contributed by atoms with Gasteiger partial charge in [0.15, 0.2) is 5.69 Å². The second-order valence-corrected chi connectivity index (χ2v) is 7.26. The lowest BCUT2D eigenvalue weighted by Gasteiger charge is -2.35. The van der Waals surface area contributed by atoms with Crippen LogP contribution >= 0.6 is 23.2 Å². The quantitative estimate of drug-likeness (QED) is 0.791. The molecule has 1 aromatic carbocycles. The van der Waals surface area contributed by atoms with Crippen molar-refractivity contribution in [1.29, 1.82) is 0 Å². The summed E-state index contributed by atoms with van der Waals surface area (Å²) in [5.41, 5.74) is 1.01. The van der Waals surface area contributed by atoms with Crippen molar-refractivity contribution in [2.45, 2.75) is 19.5 Å². The lowest BCUT2D eigenvalue weighted by molar-refractivity contribution is -0.133. The number of aromatic carboxylic acids is 1. The molecule has 1 N–H and O–H groups in total. The average molecular weight is 411 g/mol. The largest absolute Gasteiger partial charge is 0.476 e. The predicted octanol–water partition coefficient (Wildman–Crippen LogP) is 2.62. The van der Waals surface area contributed by atoms with Crippen molar-refractivity contribution in [3.8, 4) is 0 Å². The van der Waals surface area contributed by atoms with Crippen LogP contribution in [0.3, 0.4) is 0 Å². The minimum Gasteiger partial charge on any atom is -0.476 e. The molecule has 1 amide bonds. The van der Waals surface area contributed by atoms with E-state index < -0.39 is 5.97 Å². The molecule has 1 saturated heterocycles. The van der Waals surface area contributed by atoms with Crippen molar-refractivity contribution in [3.63, 3.8) is 0 Å². The minimum atomic E-state index is -1.07. The summed E-state index contributed by atoms with van der Waals surface area (Å²) in [7, 11) is 0. The Hall–Kier alpha value is -2.09. The second-order valence-electron chi connectivity index (χ2n) is 6.41. The number of aryl methyl sites for hydroxylation is 1. The van der Waals surface area contributed by atoms with Gasteiger partial charge in [0.05, 0.1) is 0 Å². The van der Waals surface area contributed by atoms with Crippen LogP contribution in [0.2, 0.25) is 10.0 Å². The van der Waals surface area contributed by atoms with E-state index in [0.29, 0.717) is 36.1 Å². The van der Waals surface area contributed by atoms with Crippen molar-refractivity contribution in [2.24, 2.45) is 0 Å². The lowest BCUT2D eigenvalue weighted by atomic mass is 10.2. The third kappa shape index (κ3) is 5.22. The number of piperazine rings is 1. The number of rotatable bonds is 6. The Kier molecular flexibility index (Phi) is 6.36. The summed E-state index contributed by atoms with van der Waals surface area (Å²) >= 11 is 12.2. The van der Waals surface area contributed by atoms with Crippen molar-refractivity contribution in [2.75, 3.05) is 26.2 Å². The van der Waals surface area contributed by atoms with Gasteiger partial charge in [-0.15, -0.1) is 0 Å². The molecule has 0 unspecified atom stereocenters. The summed E-state index contributed by atoms with van der Waals surface area (Å²) in [6.45, 7) is 3.95. The van der Waals surface area contributed by atoms with Crippen LogP contribution in [0.15, 0.2) is 30.5 Å². The fourth-order valence-electron chi connectivity index (χ4n) is 3.01. The average Bonchev–Trinajstić information content (AvgIpc) is 3.12. The zero-order valence-corrected chi connectivity index (χ0v) is 16.2. The molecule has 2 aromatic rings. The van der Waals surface area contributed by atoms with Gasteiger partial charge in [0.1, 0.15) is 0 Å². The first kappa shape index (κ1) is 19.7. The maximum absolute atomic E-state index is 12.4. The SMILES string of the molecule is O=C(O)c1ccn(CCC(=O)N2CCN(Cc3ccc(Cl)cc3Cl)CC2)n1. The number of carboxylic acid groups (broad SMARTS) is 1. The summed E-state index contributed by atoms with van der Waals surface area (Å²) in [6.07, 6.45) is 1.87.